The van der Waals surface area contributed by atoms with Gasteiger partial charge >= 0.3 is 5.76 Å². The first-order valence-corrected chi connectivity index (χ1v) is 4.10. The van der Waals surface area contributed by atoms with E-state index in [2.05, 4.69) is 27.8 Å². The quantitative estimate of drug-likeness (QED) is 0.748. The normalized spacial score (nSPS) is 10.8. The van der Waals surface area contributed by atoms with E-state index < -0.39 is 5.76 Å². The Morgan fingerprint density at radius 3 is 3.00 bits per heavy atom. The van der Waals surface area contributed by atoms with Gasteiger partial charge in [-0.2, -0.15) is 0 Å². The number of hydrogen-bond acceptors (Lipinski definition) is 2. The first kappa shape index (κ1) is 7.61. The lowest BCUT2D eigenvalue weighted by molar-refractivity contribution is 0.555. The standard InChI is InChI=1S/C8H5BrNO2/c1-4-2-7-6(3-5(4)9)10-8(11)12-7/h2-3H,1H2,(H,10,11). The van der Waals surface area contributed by atoms with E-state index >= 15 is 0 Å². The molecule has 12 heavy (non-hydrogen) atoms. The van der Waals surface area contributed by atoms with Gasteiger partial charge in [-0.25, -0.2) is 4.79 Å². The molecule has 0 aliphatic carbocycles. The summed E-state index contributed by atoms with van der Waals surface area (Å²) in [5, 5.41) is 0. The zero-order valence-corrected chi connectivity index (χ0v) is 7.64. The highest BCUT2D eigenvalue weighted by Crippen LogP contribution is 2.21. The summed E-state index contributed by atoms with van der Waals surface area (Å²) in [6, 6.07) is 3.47. The van der Waals surface area contributed by atoms with Gasteiger partial charge in [0.25, 0.3) is 0 Å². The van der Waals surface area contributed by atoms with Gasteiger partial charge in [0, 0.05) is 4.47 Å². The molecule has 0 atom stereocenters. The fourth-order valence-electron chi connectivity index (χ4n) is 1.01. The van der Waals surface area contributed by atoms with Crippen LogP contribution in [0.15, 0.2) is 25.8 Å². The van der Waals surface area contributed by atoms with Crippen molar-refractivity contribution in [3.8, 4) is 0 Å². The third-order valence-corrected chi connectivity index (χ3v) is 2.33. The van der Waals surface area contributed by atoms with E-state index in [1.165, 1.54) is 0 Å². The molecule has 0 aliphatic heterocycles. The number of halogens is 1. The lowest BCUT2D eigenvalue weighted by Crippen LogP contribution is -1.92. The molecule has 1 radical (unpaired) electrons. The van der Waals surface area contributed by atoms with Crippen LogP contribution in [0.4, 0.5) is 0 Å². The molecule has 3 nitrogen and oxygen atoms in total. The van der Waals surface area contributed by atoms with Crippen LogP contribution in [-0.2, 0) is 0 Å². The molecule has 1 aromatic carbocycles. The number of aromatic nitrogens is 1. The van der Waals surface area contributed by atoms with Crippen molar-refractivity contribution in [1.29, 1.82) is 0 Å². The zero-order valence-electron chi connectivity index (χ0n) is 6.06. The lowest BCUT2D eigenvalue weighted by Gasteiger charge is -1.94. The van der Waals surface area contributed by atoms with Gasteiger partial charge < -0.3 is 4.42 Å². The van der Waals surface area contributed by atoms with E-state index in [1.54, 1.807) is 12.1 Å². The minimum Gasteiger partial charge on any atom is -0.408 e. The highest BCUT2D eigenvalue weighted by atomic mass is 79.9. The first-order chi connectivity index (χ1) is 5.66. The van der Waals surface area contributed by atoms with Crippen molar-refractivity contribution in [2.75, 3.05) is 0 Å². The Labute approximate surface area is 76.5 Å². The molecule has 0 unspecified atom stereocenters. The highest BCUT2D eigenvalue weighted by molar-refractivity contribution is 9.10. The molecule has 1 N–H and O–H groups in total. The van der Waals surface area contributed by atoms with Gasteiger partial charge in [-0.3, -0.25) is 4.98 Å². The molecule has 0 spiro atoms. The summed E-state index contributed by atoms with van der Waals surface area (Å²) in [6.07, 6.45) is 0. The molecule has 0 amide bonds. The number of nitrogens with one attached hydrogen (secondary N) is 1. The second kappa shape index (κ2) is 2.48. The second-order valence-corrected chi connectivity index (χ2v) is 3.31. The number of benzene rings is 1. The van der Waals surface area contributed by atoms with Crippen molar-refractivity contribution < 1.29 is 4.42 Å². The summed E-state index contributed by atoms with van der Waals surface area (Å²) in [5.74, 6) is -0.442. The zero-order chi connectivity index (χ0) is 8.72. The maximum Gasteiger partial charge on any atom is 0.417 e. The third-order valence-electron chi connectivity index (χ3n) is 1.59. The average molecular weight is 227 g/mol. The van der Waals surface area contributed by atoms with Crippen LogP contribution >= 0.6 is 15.9 Å². The molecular weight excluding hydrogens is 222 g/mol. The maximum absolute atomic E-state index is 10.8. The van der Waals surface area contributed by atoms with Crippen LogP contribution in [0.3, 0.4) is 0 Å². The van der Waals surface area contributed by atoms with E-state index in [0.717, 1.165) is 10.0 Å². The number of H-pyrrole nitrogens is 1. The molecule has 0 bridgehead atoms. The Morgan fingerprint density at radius 2 is 2.25 bits per heavy atom. The fraction of sp³-hybridized carbons (Fsp3) is 0. The molecule has 2 aromatic rings. The Bertz CT molecular complexity index is 441. The number of hydrogen-bond donors (Lipinski definition) is 1. The number of fused-ring (bicyclic) bond motifs is 1. The number of oxazole rings is 1. The smallest absolute Gasteiger partial charge is 0.408 e. The summed E-state index contributed by atoms with van der Waals surface area (Å²) in [4.78, 5) is 13.3. The molecule has 61 valence electrons. The van der Waals surface area contributed by atoms with Crippen molar-refractivity contribution in [2.45, 2.75) is 0 Å². The minimum atomic E-state index is -0.442. The van der Waals surface area contributed by atoms with Gasteiger partial charge in [0.15, 0.2) is 5.58 Å². The van der Waals surface area contributed by atoms with Crippen LogP contribution < -0.4 is 5.76 Å². The van der Waals surface area contributed by atoms with E-state index in [-0.39, 0.29) is 0 Å². The van der Waals surface area contributed by atoms with Crippen molar-refractivity contribution in [1.82, 2.24) is 4.98 Å². The predicted octanol–water partition coefficient (Wildman–Crippen LogP) is 2.07. The van der Waals surface area contributed by atoms with Crippen molar-refractivity contribution >= 4 is 27.0 Å². The predicted molar refractivity (Wildman–Crippen MR) is 49.0 cm³/mol. The van der Waals surface area contributed by atoms with Gasteiger partial charge in [-0.1, -0.05) is 15.9 Å². The summed E-state index contributed by atoms with van der Waals surface area (Å²) < 4.78 is 5.69. The number of rotatable bonds is 0. The van der Waals surface area contributed by atoms with Crippen molar-refractivity contribution in [3.05, 3.63) is 39.6 Å². The minimum absolute atomic E-state index is 0.442. The Hall–Kier alpha value is -1.03. The summed E-state index contributed by atoms with van der Waals surface area (Å²) in [7, 11) is 0. The second-order valence-electron chi connectivity index (χ2n) is 2.45. The molecule has 2 rings (SSSR count). The van der Waals surface area contributed by atoms with Gasteiger partial charge in [-0.05, 0) is 24.6 Å². The van der Waals surface area contributed by atoms with Crippen LogP contribution in [-0.4, -0.2) is 4.98 Å². The lowest BCUT2D eigenvalue weighted by atomic mass is 10.2. The Balaban J connectivity index is 2.92. The molecule has 0 saturated carbocycles. The molecule has 4 heteroatoms. The molecule has 0 fully saturated rings. The van der Waals surface area contributed by atoms with Gasteiger partial charge in [0.05, 0.1) is 5.52 Å². The monoisotopic (exact) mass is 226 g/mol. The van der Waals surface area contributed by atoms with Crippen LogP contribution in [0, 0.1) is 6.92 Å². The van der Waals surface area contributed by atoms with E-state index in [0.29, 0.717) is 11.1 Å². The number of aromatic amines is 1. The van der Waals surface area contributed by atoms with E-state index in [4.69, 9.17) is 4.42 Å². The molecule has 0 saturated heterocycles. The topological polar surface area (TPSA) is 46.0 Å². The Morgan fingerprint density at radius 1 is 1.50 bits per heavy atom. The molecule has 1 aromatic heterocycles. The van der Waals surface area contributed by atoms with Gasteiger partial charge in [-0.15, -0.1) is 0 Å². The fourth-order valence-corrected chi connectivity index (χ4v) is 1.36. The first-order valence-electron chi connectivity index (χ1n) is 3.31. The summed E-state index contributed by atoms with van der Waals surface area (Å²) >= 11 is 3.30. The van der Waals surface area contributed by atoms with Crippen molar-refractivity contribution in [3.63, 3.8) is 0 Å². The highest BCUT2D eigenvalue weighted by Gasteiger charge is 2.03. The average Bonchev–Trinajstić information content (AvgIpc) is 2.30. The largest absolute Gasteiger partial charge is 0.417 e. The van der Waals surface area contributed by atoms with Crippen LogP contribution in [0.5, 0.6) is 0 Å². The van der Waals surface area contributed by atoms with Crippen LogP contribution in [0.1, 0.15) is 5.56 Å². The Kier molecular flexibility index (Phi) is 1.58. The SMILES string of the molecule is [CH2]c1cc2oc(=O)[nH]c2cc1Br. The third kappa shape index (κ3) is 1.08. The van der Waals surface area contributed by atoms with Crippen LogP contribution in [0.2, 0.25) is 0 Å². The van der Waals surface area contributed by atoms with Crippen molar-refractivity contribution in [2.24, 2.45) is 0 Å². The summed E-state index contributed by atoms with van der Waals surface area (Å²) in [6.45, 7) is 3.76. The van der Waals surface area contributed by atoms with Gasteiger partial charge in [0.2, 0.25) is 0 Å². The molecule has 0 aliphatic rings. The molecule has 1 heterocycles. The summed E-state index contributed by atoms with van der Waals surface area (Å²) in [5.41, 5.74) is 2.01. The maximum atomic E-state index is 10.8. The van der Waals surface area contributed by atoms with E-state index in [9.17, 15) is 4.79 Å². The van der Waals surface area contributed by atoms with Gasteiger partial charge in [0.1, 0.15) is 0 Å². The van der Waals surface area contributed by atoms with E-state index in [1.807, 2.05) is 0 Å². The molecular formula is C8H5BrNO2. The van der Waals surface area contributed by atoms with Crippen LogP contribution in [0.25, 0.3) is 11.1 Å².